The highest BCUT2D eigenvalue weighted by Gasteiger charge is 2.39. The Labute approximate surface area is 195 Å². The number of anilines is 1. The number of sulfone groups is 1. The first-order valence-corrected chi connectivity index (χ1v) is 13.3. The topological polar surface area (TPSA) is 125 Å². The highest BCUT2D eigenvalue weighted by atomic mass is 32.2. The summed E-state index contributed by atoms with van der Waals surface area (Å²) >= 11 is 1.25. The summed E-state index contributed by atoms with van der Waals surface area (Å²) in [5.74, 6) is 0.355. The van der Waals surface area contributed by atoms with Crippen LogP contribution in [0.25, 0.3) is 10.3 Å². The van der Waals surface area contributed by atoms with Crippen LogP contribution >= 0.6 is 11.3 Å². The number of thiazole rings is 1. The van der Waals surface area contributed by atoms with Gasteiger partial charge in [0.05, 0.1) is 12.4 Å². The minimum absolute atomic E-state index is 0.0268. The predicted octanol–water partition coefficient (Wildman–Crippen LogP) is 2.83. The predicted molar refractivity (Wildman–Crippen MR) is 122 cm³/mol. The largest absolute Gasteiger partial charge is 0.481 e. The van der Waals surface area contributed by atoms with Gasteiger partial charge in [0.2, 0.25) is 5.88 Å². The van der Waals surface area contributed by atoms with Gasteiger partial charge in [-0.15, -0.1) is 0 Å². The number of methoxy groups -OCH3 is 1. The summed E-state index contributed by atoms with van der Waals surface area (Å²) in [6.07, 6.45) is 5.28. The van der Waals surface area contributed by atoms with Crippen molar-refractivity contribution in [2.45, 2.75) is 48.4 Å². The van der Waals surface area contributed by atoms with Gasteiger partial charge in [0.25, 0.3) is 5.91 Å². The molecule has 3 aromatic heterocycles. The highest BCUT2D eigenvalue weighted by Crippen LogP contribution is 2.34. The molecule has 0 bridgehead atoms. The number of pyridine rings is 1. The molecular formula is C21H25N5O5S2. The van der Waals surface area contributed by atoms with E-state index in [0.29, 0.717) is 47.2 Å². The van der Waals surface area contributed by atoms with Crippen molar-refractivity contribution in [1.29, 1.82) is 0 Å². The molecule has 3 aromatic rings. The Hall–Kier alpha value is -2.57. The molecule has 4 heterocycles. The number of hydrogen-bond acceptors (Lipinski definition) is 9. The van der Waals surface area contributed by atoms with E-state index < -0.39 is 15.9 Å². The number of carbonyl (C=O) groups is 1. The van der Waals surface area contributed by atoms with Gasteiger partial charge in [-0.05, 0) is 50.2 Å². The number of fused-ring (bicyclic) bond motifs is 1. The lowest BCUT2D eigenvalue weighted by atomic mass is 9.94. The molecule has 2 atom stereocenters. The molecule has 10 nitrogen and oxygen atoms in total. The van der Waals surface area contributed by atoms with Gasteiger partial charge < -0.3 is 14.8 Å². The van der Waals surface area contributed by atoms with Gasteiger partial charge in [0.15, 0.2) is 20.0 Å². The molecule has 1 saturated heterocycles. The molecule has 2 fully saturated rings. The Balaban J connectivity index is 1.40. The minimum atomic E-state index is -3.44. The standard InChI is InChI=1S/C21H25N5O5S2/c1-30-17-7-6-15-20(23-17)32-21(22-15)24-19(27)16(11-13-3-2-10-31-12-13)26-9-8-18(25-26)33(28,29)14-4-5-14/h6-9,13-14,16H,2-5,10-12H2,1H3,(H,22,24,27). The molecular weight excluding hydrogens is 466 g/mol. The molecule has 33 heavy (non-hydrogen) atoms. The lowest BCUT2D eigenvalue weighted by Gasteiger charge is -2.26. The van der Waals surface area contributed by atoms with E-state index in [1.807, 2.05) is 0 Å². The molecule has 1 aliphatic carbocycles. The summed E-state index contributed by atoms with van der Waals surface area (Å²) in [4.78, 5) is 22.8. The SMILES string of the molecule is COc1ccc2nc(NC(=O)C(CC3CCCOC3)n3ccc(S(=O)(=O)C4CC4)n3)sc2n1. The summed E-state index contributed by atoms with van der Waals surface area (Å²) < 4.78 is 37.4. The number of amides is 1. The van der Waals surface area contributed by atoms with Crippen molar-refractivity contribution < 1.29 is 22.7 Å². The zero-order valence-electron chi connectivity index (χ0n) is 18.1. The van der Waals surface area contributed by atoms with Crippen LogP contribution in [0.15, 0.2) is 29.4 Å². The van der Waals surface area contributed by atoms with Crippen molar-refractivity contribution in [2.75, 3.05) is 25.6 Å². The van der Waals surface area contributed by atoms with Gasteiger partial charge in [-0.3, -0.25) is 9.48 Å². The van der Waals surface area contributed by atoms with Gasteiger partial charge in [-0.25, -0.2) is 18.4 Å². The first kappa shape index (κ1) is 22.2. The van der Waals surface area contributed by atoms with Crippen LogP contribution < -0.4 is 10.1 Å². The van der Waals surface area contributed by atoms with E-state index in [4.69, 9.17) is 9.47 Å². The summed E-state index contributed by atoms with van der Waals surface area (Å²) in [7, 11) is -1.90. The lowest BCUT2D eigenvalue weighted by Crippen LogP contribution is -2.31. The number of ether oxygens (including phenoxy) is 2. The van der Waals surface area contributed by atoms with Gasteiger partial charge in [-0.1, -0.05) is 11.3 Å². The number of nitrogens with one attached hydrogen (secondary N) is 1. The van der Waals surface area contributed by atoms with Crippen LogP contribution in [0.2, 0.25) is 0 Å². The maximum Gasteiger partial charge on any atom is 0.251 e. The third-order valence-corrected chi connectivity index (χ3v) is 8.97. The Morgan fingerprint density at radius 2 is 2.15 bits per heavy atom. The first-order chi connectivity index (χ1) is 15.9. The Kier molecular flexibility index (Phi) is 6.06. The van der Waals surface area contributed by atoms with E-state index in [1.54, 1.807) is 25.4 Å². The molecule has 2 aliphatic rings. The second kappa shape index (κ2) is 8.99. The number of hydrogen-bond donors (Lipinski definition) is 1. The van der Waals surface area contributed by atoms with Crippen LogP contribution in [-0.2, 0) is 19.4 Å². The van der Waals surface area contributed by atoms with E-state index in [2.05, 4.69) is 20.4 Å². The number of rotatable bonds is 8. The van der Waals surface area contributed by atoms with E-state index >= 15 is 0 Å². The van der Waals surface area contributed by atoms with Crippen molar-refractivity contribution in [3.8, 4) is 5.88 Å². The van der Waals surface area contributed by atoms with Crippen LogP contribution in [0.4, 0.5) is 5.13 Å². The molecule has 2 unspecified atom stereocenters. The van der Waals surface area contributed by atoms with Gasteiger partial charge >= 0.3 is 0 Å². The lowest BCUT2D eigenvalue weighted by molar-refractivity contribution is -0.120. The molecule has 12 heteroatoms. The summed E-state index contributed by atoms with van der Waals surface area (Å²) in [6.45, 7) is 1.30. The van der Waals surface area contributed by atoms with Crippen LogP contribution in [-0.4, -0.2) is 59.6 Å². The van der Waals surface area contributed by atoms with Gasteiger partial charge in [-0.2, -0.15) is 5.10 Å². The van der Waals surface area contributed by atoms with E-state index in [-0.39, 0.29) is 22.1 Å². The Morgan fingerprint density at radius 1 is 1.30 bits per heavy atom. The van der Waals surface area contributed by atoms with E-state index in [9.17, 15) is 13.2 Å². The fourth-order valence-corrected chi connectivity index (χ4v) is 6.38. The molecule has 176 valence electrons. The minimum Gasteiger partial charge on any atom is -0.481 e. The van der Waals surface area contributed by atoms with Gasteiger partial charge in [0, 0.05) is 25.5 Å². The fraction of sp³-hybridized carbons (Fsp3) is 0.524. The summed E-state index contributed by atoms with van der Waals surface area (Å²) in [5.41, 5.74) is 0.658. The average molecular weight is 492 g/mol. The van der Waals surface area contributed by atoms with Crippen LogP contribution in [0.5, 0.6) is 5.88 Å². The zero-order chi connectivity index (χ0) is 23.0. The fourth-order valence-electron chi connectivity index (χ4n) is 4.00. The second-order valence-electron chi connectivity index (χ2n) is 8.40. The van der Waals surface area contributed by atoms with Gasteiger partial charge in [0.1, 0.15) is 16.4 Å². The maximum absolute atomic E-state index is 13.4. The highest BCUT2D eigenvalue weighted by molar-refractivity contribution is 7.92. The first-order valence-electron chi connectivity index (χ1n) is 10.9. The smallest absolute Gasteiger partial charge is 0.251 e. The Bertz CT molecular complexity index is 1260. The molecule has 1 aliphatic heterocycles. The van der Waals surface area contributed by atoms with Crippen molar-refractivity contribution in [3.05, 3.63) is 24.4 Å². The van der Waals surface area contributed by atoms with Crippen molar-refractivity contribution in [2.24, 2.45) is 5.92 Å². The van der Waals surface area contributed by atoms with Crippen molar-refractivity contribution in [3.63, 3.8) is 0 Å². The summed E-state index contributed by atoms with van der Waals surface area (Å²) in [6, 6.07) is 4.30. The quantitative estimate of drug-likeness (QED) is 0.510. The van der Waals surface area contributed by atoms with Crippen LogP contribution in [0.1, 0.15) is 38.1 Å². The zero-order valence-corrected chi connectivity index (χ0v) is 19.8. The monoisotopic (exact) mass is 491 g/mol. The van der Waals surface area contributed by atoms with Crippen LogP contribution in [0, 0.1) is 5.92 Å². The molecule has 1 saturated carbocycles. The normalized spacial score (nSPS) is 20.0. The third kappa shape index (κ3) is 4.73. The molecule has 0 radical (unpaired) electrons. The molecule has 0 spiro atoms. The molecule has 1 N–H and O–H groups in total. The molecule has 0 aromatic carbocycles. The van der Waals surface area contributed by atoms with E-state index in [1.165, 1.54) is 22.1 Å². The van der Waals surface area contributed by atoms with Crippen LogP contribution in [0.3, 0.4) is 0 Å². The van der Waals surface area contributed by atoms with Crippen molar-refractivity contribution in [1.82, 2.24) is 19.7 Å². The second-order valence-corrected chi connectivity index (χ2v) is 11.6. The summed E-state index contributed by atoms with van der Waals surface area (Å²) in [5, 5.41) is 7.28. The molecule has 5 rings (SSSR count). The third-order valence-electron chi connectivity index (χ3n) is 5.94. The maximum atomic E-state index is 13.4. The Morgan fingerprint density at radius 3 is 2.88 bits per heavy atom. The van der Waals surface area contributed by atoms with E-state index in [0.717, 1.165) is 19.4 Å². The van der Waals surface area contributed by atoms with Crippen molar-refractivity contribution >= 4 is 42.6 Å². The molecule has 1 amide bonds. The number of carbonyl (C=O) groups excluding carboxylic acids is 1. The average Bonchev–Trinajstić information content (AvgIpc) is 3.44. The number of aromatic nitrogens is 4. The number of nitrogens with zero attached hydrogens (tertiary/aromatic N) is 4.